The topological polar surface area (TPSA) is 45.2 Å². The molecule has 1 amide bonds. The van der Waals surface area contributed by atoms with Crippen LogP contribution in [-0.4, -0.2) is 23.0 Å². The van der Waals surface area contributed by atoms with Crippen LogP contribution in [0.15, 0.2) is 29.0 Å². The second-order valence-electron chi connectivity index (χ2n) is 5.51. The molecule has 110 valence electrons. The van der Waals surface area contributed by atoms with E-state index >= 15 is 0 Å². The molecule has 0 bridgehead atoms. The third-order valence-corrected chi connectivity index (χ3v) is 2.90. The Hall–Kier alpha value is -1.36. The summed E-state index contributed by atoms with van der Waals surface area (Å²) in [6.07, 6.45) is 3.89. The van der Waals surface area contributed by atoms with E-state index in [2.05, 4.69) is 26.2 Å². The van der Waals surface area contributed by atoms with Gasteiger partial charge in [-0.3, -0.25) is 4.79 Å². The van der Waals surface area contributed by atoms with Crippen LogP contribution in [0.4, 0.5) is 5.82 Å². The van der Waals surface area contributed by atoms with Crippen LogP contribution in [0.2, 0.25) is 0 Å². The number of nitrogens with one attached hydrogen (secondary N) is 1. The van der Waals surface area contributed by atoms with E-state index in [1.165, 1.54) is 0 Å². The number of anilines is 1. The standard InChI is InChI=1S/C15H22BrN3O/c1-6-8-19(7-2)13-10-11(9-12(16)17-13)14(20)18-15(3,4)5/h6,8-10H,7H2,1-5H3,(H,18,20)/b8-6-. The minimum Gasteiger partial charge on any atom is -0.347 e. The molecular weight excluding hydrogens is 318 g/mol. The van der Waals surface area contributed by atoms with Crippen LogP contribution in [0.3, 0.4) is 0 Å². The summed E-state index contributed by atoms with van der Waals surface area (Å²) in [5, 5.41) is 2.95. The Morgan fingerprint density at radius 2 is 2.10 bits per heavy atom. The highest BCUT2D eigenvalue weighted by atomic mass is 79.9. The molecule has 0 fully saturated rings. The van der Waals surface area contributed by atoms with Gasteiger partial charge in [0.15, 0.2) is 0 Å². The number of halogens is 1. The molecule has 0 unspecified atom stereocenters. The highest BCUT2D eigenvalue weighted by Crippen LogP contribution is 2.19. The first-order valence-electron chi connectivity index (χ1n) is 6.66. The number of nitrogens with zero attached hydrogens (tertiary/aromatic N) is 2. The van der Waals surface area contributed by atoms with E-state index in [4.69, 9.17) is 0 Å². The highest BCUT2D eigenvalue weighted by molar-refractivity contribution is 9.10. The lowest BCUT2D eigenvalue weighted by Gasteiger charge is -2.22. The Morgan fingerprint density at radius 1 is 1.45 bits per heavy atom. The fraction of sp³-hybridized carbons (Fsp3) is 0.467. The maximum absolute atomic E-state index is 12.2. The van der Waals surface area contributed by atoms with Crippen LogP contribution in [0.25, 0.3) is 0 Å². The molecule has 0 aliphatic rings. The molecule has 0 aliphatic heterocycles. The van der Waals surface area contributed by atoms with Gasteiger partial charge in [0.25, 0.3) is 5.91 Å². The lowest BCUT2D eigenvalue weighted by Crippen LogP contribution is -2.40. The fourth-order valence-corrected chi connectivity index (χ4v) is 2.13. The lowest BCUT2D eigenvalue weighted by atomic mass is 10.1. The molecule has 0 atom stereocenters. The van der Waals surface area contributed by atoms with Crippen LogP contribution in [-0.2, 0) is 0 Å². The average molecular weight is 340 g/mol. The van der Waals surface area contributed by atoms with Crippen LogP contribution in [0.5, 0.6) is 0 Å². The van der Waals surface area contributed by atoms with Crippen molar-refractivity contribution in [2.75, 3.05) is 11.4 Å². The molecule has 1 heterocycles. The third kappa shape index (κ3) is 4.96. The molecule has 1 rings (SSSR count). The molecular formula is C15H22BrN3O. The third-order valence-electron chi connectivity index (χ3n) is 2.50. The largest absolute Gasteiger partial charge is 0.347 e. The monoisotopic (exact) mass is 339 g/mol. The summed E-state index contributed by atoms with van der Waals surface area (Å²) < 4.78 is 0.650. The minimum atomic E-state index is -0.263. The quantitative estimate of drug-likeness (QED) is 0.850. The number of amides is 1. The highest BCUT2D eigenvalue weighted by Gasteiger charge is 2.17. The summed E-state index contributed by atoms with van der Waals surface area (Å²) in [6.45, 7) is 10.7. The van der Waals surface area contributed by atoms with Crippen LogP contribution in [0, 0.1) is 0 Å². The summed E-state index contributed by atoms with van der Waals surface area (Å²) in [5.41, 5.74) is 0.334. The van der Waals surface area contributed by atoms with E-state index in [9.17, 15) is 4.79 Å². The number of allylic oxidation sites excluding steroid dienone is 1. The molecule has 0 aromatic carbocycles. The zero-order valence-electron chi connectivity index (χ0n) is 12.7. The summed E-state index contributed by atoms with van der Waals surface area (Å²) in [4.78, 5) is 18.6. The molecule has 0 saturated carbocycles. The SMILES string of the molecule is C/C=C\N(CC)c1cc(C(=O)NC(C)(C)C)cc(Br)n1. The molecule has 1 aromatic heterocycles. The number of aromatic nitrogens is 1. The Kier molecular flexibility index (Phi) is 5.74. The normalized spacial score (nSPS) is 11.7. The van der Waals surface area contributed by atoms with Gasteiger partial charge >= 0.3 is 0 Å². The Balaban J connectivity index is 3.11. The van der Waals surface area contributed by atoms with E-state index in [1.54, 1.807) is 12.1 Å². The van der Waals surface area contributed by atoms with Crippen molar-refractivity contribution >= 4 is 27.7 Å². The van der Waals surface area contributed by atoms with Crippen molar-refractivity contribution in [2.45, 2.75) is 40.2 Å². The van der Waals surface area contributed by atoms with Crippen LogP contribution < -0.4 is 10.2 Å². The first-order valence-corrected chi connectivity index (χ1v) is 7.45. The van der Waals surface area contributed by atoms with Crippen molar-refractivity contribution in [3.63, 3.8) is 0 Å². The Morgan fingerprint density at radius 3 is 2.60 bits per heavy atom. The Labute approximate surface area is 129 Å². The predicted octanol–water partition coefficient (Wildman–Crippen LogP) is 3.73. The maximum atomic E-state index is 12.2. The first kappa shape index (κ1) is 16.7. The molecule has 1 aromatic rings. The van der Waals surface area contributed by atoms with Gasteiger partial charge in [-0.15, -0.1) is 0 Å². The first-order chi connectivity index (χ1) is 9.26. The van der Waals surface area contributed by atoms with Crippen molar-refractivity contribution in [1.29, 1.82) is 0 Å². The van der Waals surface area contributed by atoms with Crippen molar-refractivity contribution in [2.24, 2.45) is 0 Å². The van der Waals surface area contributed by atoms with Gasteiger partial charge in [0.2, 0.25) is 0 Å². The van der Waals surface area contributed by atoms with Gasteiger partial charge in [-0.2, -0.15) is 0 Å². The Bertz CT molecular complexity index is 506. The zero-order valence-corrected chi connectivity index (χ0v) is 14.3. The molecule has 0 saturated heterocycles. The van der Waals surface area contributed by atoms with Crippen molar-refractivity contribution in [3.05, 3.63) is 34.6 Å². The van der Waals surface area contributed by atoms with Crippen molar-refractivity contribution in [3.8, 4) is 0 Å². The summed E-state index contributed by atoms with van der Waals surface area (Å²) in [5.74, 6) is 0.650. The van der Waals surface area contributed by atoms with Gasteiger partial charge in [-0.25, -0.2) is 4.98 Å². The zero-order chi connectivity index (χ0) is 15.3. The lowest BCUT2D eigenvalue weighted by molar-refractivity contribution is 0.0919. The number of rotatable bonds is 4. The summed E-state index contributed by atoms with van der Waals surface area (Å²) in [7, 11) is 0. The van der Waals surface area contributed by atoms with Crippen LogP contribution in [0.1, 0.15) is 45.0 Å². The van der Waals surface area contributed by atoms with Gasteiger partial charge in [0, 0.05) is 23.8 Å². The molecule has 20 heavy (non-hydrogen) atoms. The smallest absolute Gasteiger partial charge is 0.251 e. The second kappa shape index (κ2) is 6.88. The fourth-order valence-electron chi connectivity index (χ4n) is 1.70. The molecule has 0 spiro atoms. The molecule has 1 N–H and O–H groups in total. The summed E-state index contributed by atoms with van der Waals surface area (Å²) >= 11 is 3.37. The minimum absolute atomic E-state index is 0.0987. The average Bonchev–Trinajstić information content (AvgIpc) is 2.33. The predicted molar refractivity (Wildman–Crippen MR) is 87.0 cm³/mol. The second-order valence-corrected chi connectivity index (χ2v) is 6.32. The number of hydrogen-bond acceptors (Lipinski definition) is 3. The van der Waals surface area contributed by atoms with E-state index in [1.807, 2.05) is 51.8 Å². The van der Waals surface area contributed by atoms with Crippen molar-refractivity contribution < 1.29 is 4.79 Å². The number of hydrogen-bond donors (Lipinski definition) is 1. The molecule has 5 heteroatoms. The maximum Gasteiger partial charge on any atom is 0.251 e. The van der Waals surface area contributed by atoms with E-state index < -0.39 is 0 Å². The van der Waals surface area contributed by atoms with Crippen LogP contribution >= 0.6 is 15.9 Å². The van der Waals surface area contributed by atoms with E-state index in [-0.39, 0.29) is 11.4 Å². The van der Waals surface area contributed by atoms with E-state index in [0.29, 0.717) is 10.2 Å². The molecule has 0 radical (unpaired) electrons. The van der Waals surface area contributed by atoms with Crippen molar-refractivity contribution in [1.82, 2.24) is 10.3 Å². The van der Waals surface area contributed by atoms with Gasteiger partial charge < -0.3 is 10.2 Å². The van der Waals surface area contributed by atoms with Gasteiger partial charge in [0.05, 0.1) is 0 Å². The summed E-state index contributed by atoms with van der Waals surface area (Å²) in [6, 6.07) is 3.53. The number of carbonyl (C=O) groups excluding carboxylic acids is 1. The van der Waals surface area contributed by atoms with Gasteiger partial charge in [0.1, 0.15) is 10.4 Å². The van der Waals surface area contributed by atoms with E-state index in [0.717, 1.165) is 12.4 Å². The number of pyridine rings is 1. The number of carbonyl (C=O) groups is 1. The van der Waals surface area contributed by atoms with Gasteiger partial charge in [-0.05, 0) is 62.7 Å². The molecule has 0 aliphatic carbocycles. The molecule has 4 nitrogen and oxygen atoms in total. The van der Waals surface area contributed by atoms with Gasteiger partial charge in [-0.1, -0.05) is 6.08 Å².